The summed E-state index contributed by atoms with van der Waals surface area (Å²) in [5.74, 6) is 1.15. The highest BCUT2D eigenvalue weighted by molar-refractivity contribution is 6.30. The van der Waals surface area contributed by atoms with Crippen LogP contribution in [0.2, 0.25) is 5.02 Å². The number of nitrogens with zero attached hydrogens (tertiary/aromatic N) is 2. The minimum atomic E-state index is -0.250. The highest BCUT2D eigenvalue weighted by Gasteiger charge is 2.08. The van der Waals surface area contributed by atoms with Gasteiger partial charge in [0.1, 0.15) is 11.6 Å². The predicted molar refractivity (Wildman–Crippen MR) is 110 cm³/mol. The maximum absolute atomic E-state index is 12.2. The Bertz CT molecular complexity index is 914. The van der Waals surface area contributed by atoms with Gasteiger partial charge in [-0.1, -0.05) is 35.9 Å². The lowest BCUT2D eigenvalue weighted by atomic mass is 10.1. The number of anilines is 1. The highest BCUT2D eigenvalue weighted by Crippen LogP contribution is 2.13. The first-order valence-corrected chi connectivity index (χ1v) is 9.25. The van der Waals surface area contributed by atoms with Crippen molar-refractivity contribution >= 4 is 23.3 Å². The molecule has 28 heavy (non-hydrogen) atoms. The number of carbonyl (C=O) groups is 1. The third kappa shape index (κ3) is 5.69. The molecule has 1 heterocycles. The summed E-state index contributed by atoms with van der Waals surface area (Å²) in [7, 11) is 1.63. The molecular formula is C21H21ClN4O2. The van der Waals surface area contributed by atoms with Gasteiger partial charge in [0.05, 0.1) is 7.11 Å². The normalized spacial score (nSPS) is 10.4. The summed E-state index contributed by atoms with van der Waals surface area (Å²) in [4.78, 5) is 12.2. The molecule has 3 aromatic rings. The van der Waals surface area contributed by atoms with Crippen molar-refractivity contribution in [2.24, 2.45) is 0 Å². The van der Waals surface area contributed by atoms with Gasteiger partial charge in [0.2, 0.25) is 0 Å². The first-order chi connectivity index (χ1) is 13.6. The molecule has 0 atom stereocenters. The number of halogens is 1. The van der Waals surface area contributed by atoms with E-state index in [0.29, 0.717) is 30.4 Å². The molecule has 0 saturated carbocycles. The van der Waals surface area contributed by atoms with Crippen molar-refractivity contribution in [3.8, 4) is 5.75 Å². The minimum Gasteiger partial charge on any atom is -0.497 e. The molecule has 1 aromatic heterocycles. The van der Waals surface area contributed by atoms with Crippen LogP contribution in [-0.2, 0) is 13.0 Å². The molecule has 0 unspecified atom stereocenters. The number of hydrogen-bond acceptors (Lipinski definition) is 5. The monoisotopic (exact) mass is 396 g/mol. The van der Waals surface area contributed by atoms with Gasteiger partial charge in [-0.15, -0.1) is 10.2 Å². The van der Waals surface area contributed by atoms with E-state index in [-0.39, 0.29) is 11.6 Å². The Morgan fingerprint density at radius 1 is 1.04 bits per heavy atom. The molecule has 7 heteroatoms. The van der Waals surface area contributed by atoms with Crippen LogP contribution in [0.25, 0.3) is 0 Å². The molecule has 0 fully saturated rings. The number of benzene rings is 2. The van der Waals surface area contributed by atoms with Crippen molar-refractivity contribution in [3.63, 3.8) is 0 Å². The fourth-order valence-corrected chi connectivity index (χ4v) is 2.71. The van der Waals surface area contributed by atoms with E-state index in [1.807, 2.05) is 48.5 Å². The van der Waals surface area contributed by atoms with Crippen molar-refractivity contribution in [2.45, 2.75) is 13.0 Å². The Morgan fingerprint density at radius 2 is 1.86 bits per heavy atom. The number of nitrogens with one attached hydrogen (secondary N) is 2. The van der Waals surface area contributed by atoms with Gasteiger partial charge < -0.3 is 15.4 Å². The first kappa shape index (κ1) is 19.6. The predicted octanol–water partition coefficient (Wildman–Crippen LogP) is 3.72. The Labute approximate surface area is 168 Å². The van der Waals surface area contributed by atoms with E-state index in [4.69, 9.17) is 16.3 Å². The Balaban J connectivity index is 1.47. The van der Waals surface area contributed by atoms with Crippen molar-refractivity contribution in [1.82, 2.24) is 15.5 Å². The lowest BCUT2D eigenvalue weighted by molar-refractivity contribution is 0.0948. The van der Waals surface area contributed by atoms with E-state index >= 15 is 0 Å². The van der Waals surface area contributed by atoms with E-state index in [9.17, 15) is 4.79 Å². The lowest BCUT2D eigenvalue weighted by Gasteiger charge is -2.07. The summed E-state index contributed by atoms with van der Waals surface area (Å²) in [6, 6.07) is 18.7. The van der Waals surface area contributed by atoms with Gasteiger partial charge in [-0.3, -0.25) is 4.79 Å². The van der Waals surface area contributed by atoms with E-state index in [0.717, 1.165) is 16.9 Å². The molecule has 0 aliphatic heterocycles. The first-order valence-electron chi connectivity index (χ1n) is 8.87. The second-order valence-corrected chi connectivity index (χ2v) is 6.58. The van der Waals surface area contributed by atoms with Crippen molar-refractivity contribution in [1.29, 1.82) is 0 Å². The van der Waals surface area contributed by atoms with Crippen LogP contribution in [0.15, 0.2) is 60.7 Å². The van der Waals surface area contributed by atoms with Crippen molar-refractivity contribution in [2.75, 3.05) is 19.0 Å². The molecule has 3 rings (SSSR count). The molecule has 0 bridgehead atoms. The summed E-state index contributed by atoms with van der Waals surface area (Å²) in [6.45, 7) is 1.10. The third-order valence-corrected chi connectivity index (χ3v) is 4.37. The molecule has 0 radical (unpaired) electrons. The molecule has 0 aliphatic rings. The van der Waals surface area contributed by atoms with Gasteiger partial charge in [-0.2, -0.15) is 0 Å². The second kappa shape index (κ2) is 9.71. The topological polar surface area (TPSA) is 76.1 Å². The molecule has 0 spiro atoms. The summed E-state index contributed by atoms with van der Waals surface area (Å²) in [5, 5.41) is 14.8. The number of hydrogen-bond donors (Lipinski definition) is 2. The second-order valence-electron chi connectivity index (χ2n) is 6.14. The Morgan fingerprint density at radius 3 is 2.57 bits per heavy atom. The molecular weight excluding hydrogens is 376 g/mol. The fourth-order valence-electron chi connectivity index (χ4n) is 2.58. The standard InChI is InChI=1S/C21H21ClN4O2/c1-28-18-4-2-3-15(13-18)11-12-23-21(27)19-9-10-20(26-25-19)24-14-16-5-7-17(22)8-6-16/h2-10,13H,11-12,14H2,1H3,(H,23,27)(H,24,26). The van der Waals surface area contributed by atoms with Gasteiger partial charge in [0.15, 0.2) is 5.69 Å². The van der Waals surface area contributed by atoms with Crippen LogP contribution in [0.5, 0.6) is 5.75 Å². The number of methoxy groups -OCH3 is 1. The molecule has 2 aromatic carbocycles. The Hall–Kier alpha value is -3.12. The number of carbonyl (C=O) groups excluding carboxylic acids is 1. The minimum absolute atomic E-state index is 0.250. The number of aromatic nitrogens is 2. The van der Waals surface area contributed by atoms with Crippen LogP contribution in [-0.4, -0.2) is 29.8 Å². The van der Waals surface area contributed by atoms with Crippen LogP contribution >= 0.6 is 11.6 Å². The third-order valence-electron chi connectivity index (χ3n) is 4.12. The van der Waals surface area contributed by atoms with Crippen LogP contribution in [0, 0.1) is 0 Å². The van der Waals surface area contributed by atoms with Gasteiger partial charge in [0.25, 0.3) is 5.91 Å². The number of amides is 1. The SMILES string of the molecule is COc1cccc(CCNC(=O)c2ccc(NCc3ccc(Cl)cc3)nn2)c1. The largest absolute Gasteiger partial charge is 0.497 e. The Kier molecular flexibility index (Phi) is 6.81. The highest BCUT2D eigenvalue weighted by atomic mass is 35.5. The number of rotatable bonds is 8. The fraction of sp³-hybridized carbons (Fsp3) is 0.190. The summed E-state index contributed by atoms with van der Waals surface area (Å²) in [5.41, 5.74) is 2.45. The molecule has 0 saturated heterocycles. The van der Waals surface area contributed by atoms with E-state index in [2.05, 4.69) is 20.8 Å². The molecule has 6 nitrogen and oxygen atoms in total. The zero-order valence-electron chi connectivity index (χ0n) is 15.5. The van der Waals surface area contributed by atoms with Crippen molar-refractivity contribution in [3.05, 3.63) is 82.5 Å². The summed E-state index contributed by atoms with van der Waals surface area (Å²) in [6.07, 6.45) is 0.705. The maximum atomic E-state index is 12.2. The van der Waals surface area contributed by atoms with Gasteiger partial charge in [0, 0.05) is 18.1 Å². The smallest absolute Gasteiger partial charge is 0.271 e. The number of ether oxygens (including phenoxy) is 1. The quantitative estimate of drug-likeness (QED) is 0.606. The summed E-state index contributed by atoms with van der Waals surface area (Å²) >= 11 is 5.87. The molecule has 1 amide bonds. The van der Waals surface area contributed by atoms with Gasteiger partial charge >= 0.3 is 0 Å². The molecule has 144 valence electrons. The zero-order valence-corrected chi connectivity index (χ0v) is 16.2. The van der Waals surface area contributed by atoms with Crippen LogP contribution in [0.3, 0.4) is 0 Å². The van der Waals surface area contributed by atoms with Crippen molar-refractivity contribution < 1.29 is 9.53 Å². The van der Waals surface area contributed by atoms with E-state index in [1.165, 1.54) is 0 Å². The molecule has 0 aliphatic carbocycles. The van der Waals surface area contributed by atoms with Crippen LogP contribution < -0.4 is 15.4 Å². The van der Waals surface area contributed by atoms with E-state index < -0.39 is 0 Å². The summed E-state index contributed by atoms with van der Waals surface area (Å²) < 4.78 is 5.20. The molecule has 2 N–H and O–H groups in total. The van der Waals surface area contributed by atoms with Crippen LogP contribution in [0.4, 0.5) is 5.82 Å². The maximum Gasteiger partial charge on any atom is 0.271 e. The van der Waals surface area contributed by atoms with E-state index in [1.54, 1.807) is 19.2 Å². The van der Waals surface area contributed by atoms with Gasteiger partial charge in [-0.25, -0.2) is 0 Å². The average Bonchev–Trinajstić information content (AvgIpc) is 2.74. The van der Waals surface area contributed by atoms with Crippen LogP contribution in [0.1, 0.15) is 21.6 Å². The average molecular weight is 397 g/mol. The van der Waals surface area contributed by atoms with Gasteiger partial charge in [-0.05, 0) is 53.9 Å². The lowest BCUT2D eigenvalue weighted by Crippen LogP contribution is -2.26. The zero-order chi connectivity index (χ0) is 19.8.